The number of aromatic nitrogens is 1. The molecule has 0 aliphatic heterocycles. The molecule has 4 nitrogen and oxygen atoms in total. The minimum atomic E-state index is -0.511. The predicted molar refractivity (Wildman–Crippen MR) is 64.8 cm³/mol. The molecule has 2 N–H and O–H groups in total. The zero-order chi connectivity index (χ0) is 12.3. The molecule has 0 aliphatic rings. The Hall–Kier alpha value is -2.36. The van der Waals surface area contributed by atoms with Crippen LogP contribution in [-0.2, 0) is 0 Å². The summed E-state index contributed by atoms with van der Waals surface area (Å²) in [4.78, 5) is 15.6. The third-order valence-electron chi connectivity index (χ3n) is 2.18. The standard InChI is InChI=1S/C13H12N2O2/c1-9-4-2-5-10(8-9)17-13(16)11-6-3-7-12(14)15-11/h2-8H,1H3,(H2,14,15). The molecule has 0 saturated heterocycles. The first kappa shape index (κ1) is 11.1. The fourth-order valence-corrected chi connectivity index (χ4v) is 1.40. The molecule has 0 spiro atoms. The van der Waals surface area contributed by atoms with E-state index < -0.39 is 5.97 Å². The normalized spacial score (nSPS) is 9.94. The number of anilines is 1. The highest BCUT2D eigenvalue weighted by Crippen LogP contribution is 2.14. The molecule has 4 heteroatoms. The molecule has 1 aromatic carbocycles. The van der Waals surface area contributed by atoms with Gasteiger partial charge < -0.3 is 10.5 Å². The number of nitrogen functional groups attached to an aromatic ring is 1. The lowest BCUT2D eigenvalue weighted by Crippen LogP contribution is -2.11. The van der Waals surface area contributed by atoms with Crippen molar-refractivity contribution >= 4 is 11.8 Å². The molecule has 0 saturated carbocycles. The van der Waals surface area contributed by atoms with Gasteiger partial charge in [0.05, 0.1) is 0 Å². The van der Waals surface area contributed by atoms with Gasteiger partial charge in [-0.05, 0) is 36.8 Å². The third kappa shape index (κ3) is 2.81. The van der Waals surface area contributed by atoms with Crippen LogP contribution < -0.4 is 10.5 Å². The summed E-state index contributed by atoms with van der Waals surface area (Å²) in [6, 6.07) is 12.1. The number of aryl methyl sites for hydroxylation is 1. The lowest BCUT2D eigenvalue weighted by atomic mass is 10.2. The summed E-state index contributed by atoms with van der Waals surface area (Å²) >= 11 is 0. The molecule has 2 rings (SSSR count). The number of carbonyl (C=O) groups excluding carboxylic acids is 1. The number of hydrogen-bond donors (Lipinski definition) is 1. The number of ether oxygens (including phenoxy) is 1. The van der Waals surface area contributed by atoms with E-state index in [2.05, 4.69) is 4.98 Å². The van der Waals surface area contributed by atoms with Crippen molar-refractivity contribution in [3.63, 3.8) is 0 Å². The van der Waals surface area contributed by atoms with Crippen LogP contribution in [0.15, 0.2) is 42.5 Å². The lowest BCUT2D eigenvalue weighted by Gasteiger charge is -2.04. The first-order chi connectivity index (χ1) is 8.15. The largest absolute Gasteiger partial charge is 0.422 e. The van der Waals surface area contributed by atoms with Crippen LogP contribution in [-0.4, -0.2) is 11.0 Å². The van der Waals surface area contributed by atoms with Crippen LogP contribution >= 0.6 is 0 Å². The Bertz CT molecular complexity index is 553. The molecule has 1 aromatic heterocycles. The fraction of sp³-hybridized carbons (Fsp3) is 0.0769. The molecule has 1 heterocycles. The van der Waals surface area contributed by atoms with Crippen molar-refractivity contribution < 1.29 is 9.53 Å². The zero-order valence-electron chi connectivity index (χ0n) is 9.38. The first-order valence-electron chi connectivity index (χ1n) is 5.16. The van der Waals surface area contributed by atoms with Crippen LogP contribution in [0.2, 0.25) is 0 Å². The number of pyridine rings is 1. The van der Waals surface area contributed by atoms with E-state index in [9.17, 15) is 4.79 Å². The highest BCUT2D eigenvalue weighted by atomic mass is 16.5. The Morgan fingerprint density at radius 3 is 2.71 bits per heavy atom. The molecule has 0 bridgehead atoms. The van der Waals surface area contributed by atoms with Crippen LogP contribution in [0.3, 0.4) is 0 Å². The van der Waals surface area contributed by atoms with Crippen LogP contribution in [0.4, 0.5) is 5.82 Å². The maximum atomic E-state index is 11.7. The second kappa shape index (κ2) is 4.65. The fourth-order valence-electron chi connectivity index (χ4n) is 1.40. The average Bonchev–Trinajstić information content (AvgIpc) is 2.29. The topological polar surface area (TPSA) is 65.2 Å². The number of nitrogens with two attached hydrogens (primary N) is 1. The molecule has 0 radical (unpaired) electrons. The van der Waals surface area contributed by atoms with Crippen molar-refractivity contribution in [2.24, 2.45) is 0 Å². The van der Waals surface area contributed by atoms with Crippen molar-refractivity contribution in [1.29, 1.82) is 0 Å². The van der Waals surface area contributed by atoms with Gasteiger partial charge in [0.25, 0.3) is 0 Å². The Kier molecular flexibility index (Phi) is 3.05. The van der Waals surface area contributed by atoms with E-state index >= 15 is 0 Å². The number of esters is 1. The van der Waals surface area contributed by atoms with E-state index in [4.69, 9.17) is 10.5 Å². The summed E-state index contributed by atoms with van der Waals surface area (Å²) in [6.07, 6.45) is 0. The second-order valence-corrected chi connectivity index (χ2v) is 3.65. The molecular formula is C13H12N2O2. The monoisotopic (exact) mass is 228 g/mol. The van der Waals surface area contributed by atoms with Gasteiger partial charge in [0, 0.05) is 0 Å². The Morgan fingerprint density at radius 1 is 1.24 bits per heavy atom. The number of carbonyl (C=O) groups is 1. The number of rotatable bonds is 2. The summed E-state index contributed by atoms with van der Waals surface area (Å²) in [6.45, 7) is 1.93. The number of benzene rings is 1. The minimum Gasteiger partial charge on any atom is -0.422 e. The van der Waals surface area contributed by atoms with E-state index in [0.717, 1.165) is 5.56 Å². The van der Waals surface area contributed by atoms with Crippen molar-refractivity contribution in [2.45, 2.75) is 6.92 Å². The smallest absolute Gasteiger partial charge is 0.362 e. The van der Waals surface area contributed by atoms with Gasteiger partial charge in [0.15, 0.2) is 5.69 Å². The van der Waals surface area contributed by atoms with Gasteiger partial charge in [0.2, 0.25) is 0 Å². The van der Waals surface area contributed by atoms with Gasteiger partial charge in [-0.1, -0.05) is 18.2 Å². The maximum Gasteiger partial charge on any atom is 0.362 e. The second-order valence-electron chi connectivity index (χ2n) is 3.65. The van der Waals surface area contributed by atoms with E-state index in [0.29, 0.717) is 11.6 Å². The van der Waals surface area contributed by atoms with Gasteiger partial charge in [-0.25, -0.2) is 9.78 Å². The van der Waals surface area contributed by atoms with Crippen molar-refractivity contribution in [1.82, 2.24) is 4.98 Å². The SMILES string of the molecule is Cc1cccc(OC(=O)c2cccc(N)n2)c1. The van der Waals surface area contributed by atoms with E-state index in [-0.39, 0.29) is 5.69 Å². The van der Waals surface area contributed by atoms with Gasteiger partial charge in [-0.15, -0.1) is 0 Å². The minimum absolute atomic E-state index is 0.200. The van der Waals surface area contributed by atoms with E-state index in [1.165, 1.54) is 0 Å². The van der Waals surface area contributed by atoms with Gasteiger partial charge >= 0.3 is 5.97 Å². The molecule has 0 unspecified atom stereocenters. The summed E-state index contributed by atoms with van der Waals surface area (Å²) < 4.78 is 5.18. The predicted octanol–water partition coefficient (Wildman–Crippen LogP) is 2.19. The summed E-state index contributed by atoms with van der Waals surface area (Å²) in [5, 5.41) is 0. The molecule has 0 atom stereocenters. The van der Waals surface area contributed by atoms with Crippen LogP contribution in [0, 0.1) is 6.92 Å². The molecule has 86 valence electrons. The number of hydrogen-bond acceptors (Lipinski definition) is 4. The van der Waals surface area contributed by atoms with Crippen LogP contribution in [0.5, 0.6) is 5.75 Å². The Morgan fingerprint density at radius 2 is 2.00 bits per heavy atom. The molecule has 2 aromatic rings. The Labute approximate surface area is 99.1 Å². The van der Waals surface area contributed by atoms with Crippen molar-refractivity contribution in [3.8, 4) is 5.75 Å². The Balaban J connectivity index is 2.17. The first-order valence-corrected chi connectivity index (χ1v) is 5.16. The molecule has 17 heavy (non-hydrogen) atoms. The van der Waals surface area contributed by atoms with Gasteiger partial charge in [-0.3, -0.25) is 0 Å². The van der Waals surface area contributed by atoms with E-state index in [1.54, 1.807) is 30.3 Å². The quantitative estimate of drug-likeness (QED) is 0.632. The summed E-state index contributed by atoms with van der Waals surface area (Å²) in [5.74, 6) is 0.283. The lowest BCUT2D eigenvalue weighted by molar-refractivity contribution is 0.0728. The molecular weight excluding hydrogens is 216 g/mol. The number of nitrogens with zero attached hydrogens (tertiary/aromatic N) is 1. The van der Waals surface area contributed by atoms with E-state index in [1.807, 2.05) is 19.1 Å². The zero-order valence-corrected chi connectivity index (χ0v) is 9.38. The van der Waals surface area contributed by atoms with Crippen molar-refractivity contribution in [3.05, 3.63) is 53.7 Å². The summed E-state index contributed by atoms with van der Waals surface area (Å²) in [7, 11) is 0. The highest BCUT2D eigenvalue weighted by molar-refractivity contribution is 5.89. The molecule has 0 fully saturated rings. The third-order valence-corrected chi connectivity index (χ3v) is 2.18. The van der Waals surface area contributed by atoms with Crippen LogP contribution in [0.1, 0.15) is 16.1 Å². The van der Waals surface area contributed by atoms with Gasteiger partial charge in [-0.2, -0.15) is 0 Å². The molecule has 0 aliphatic carbocycles. The maximum absolute atomic E-state index is 11.7. The summed E-state index contributed by atoms with van der Waals surface area (Å²) in [5.41, 5.74) is 6.72. The highest BCUT2D eigenvalue weighted by Gasteiger charge is 2.10. The van der Waals surface area contributed by atoms with Crippen LogP contribution in [0.25, 0.3) is 0 Å². The average molecular weight is 228 g/mol. The van der Waals surface area contributed by atoms with Gasteiger partial charge in [0.1, 0.15) is 11.6 Å². The molecule has 0 amide bonds. The van der Waals surface area contributed by atoms with Crippen molar-refractivity contribution in [2.75, 3.05) is 5.73 Å².